The average molecular weight is 774 g/mol. The summed E-state index contributed by atoms with van der Waals surface area (Å²) in [5.74, 6) is -1.46. The van der Waals surface area contributed by atoms with Crippen LogP contribution in [0.5, 0.6) is 6.01 Å². The Labute approximate surface area is 305 Å². The number of alkyl halides is 3. The predicted octanol–water partition coefficient (Wildman–Crippen LogP) is 6.05. The Morgan fingerprint density at radius 2 is 2.00 bits per heavy atom. The van der Waals surface area contributed by atoms with E-state index in [1.54, 1.807) is 4.68 Å². The number of halogens is 7. The molecular formula is C33H35Cl2F5N8O4. The van der Waals surface area contributed by atoms with Crippen LogP contribution in [-0.4, -0.2) is 81.6 Å². The number of nitrogens with zero attached hydrogens (tertiary/aromatic N) is 7. The number of ether oxygens (including phenoxy) is 2. The van der Waals surface area contributed by atoms with Crippen molar-refractivity contribution in [3.05, 3.63) is 67.6 Å². The zero-order valence-corrected chi connectivity index (χ0v) is 29.7. The molecule has 2 saturated heterocycles. The van der Waals surface area contributed by atoms with Crippen molar-refractivity contribution >= 4 is 40.6 Å². The molecule has 52 heavy (non-hydrogen) atoms. The number of fused-ring (bicyclic) bond motifs is 3. The molecule has 1 amide bonds. The van der Waals surface area contributed by atoms with E-state index >= 15 is 4.39 Å². The lowest BCUT2D eigenvalue weighted by Gasteiger charge is -2.33. The van der Waals surface area contributed by atoms with Gasteiger partial charge >= 0.3 is 12.2 Å². The molecule has 2 fully saturated rings. The molecule has 19 heteroatoms. The van der Waals surface area contributed by atoms with Gasteiger partial charge in [0.1, 0.15) is 12.4 Å². The Hall–Kier alpha value is -3.77. The zero-order valence-electron chi connectivity index (χ0n) is 28.2. The largest absolute Gasteiger partial charge is 0.461 e. The highest BCUT2D eigenvalue weighted by atomic mass is 35.5. The fourth-order valence-electron chi connectivity index (χ4n) is 7.68. The molecule has 0 unspecified atom stereocenters. The Balaban J connectivity index is 1.28. The van der Waals surface area contributed by atoms with Crippen LogP contribution in [0.3, 0.4) is 0 Å². The van der Waals surface area contributed by atoms with Crippen LogP contribution in [0, 0.1) is 5.82 Å². The Morgan fingerprint density at radius 1 is 1.21 bits per heavy atom. The van der Waals surface area contributed by atoms with E-state index in [4.69, 9.17) is 48.2 Å². The molecule has 0 spiro atoms. The van der Waals surface area contributed by atoms with E-state index in [9.17, 15) is 22.4 Å². The molecular weight excluding hydrogens is 738 g/mol. The molecule has 12 nitrogen and oxygen atoms in total. The second-order valence-electron chi connectivity index (χ2n) is 13.4. The van der Waals surface area contributed by atoms with Gasteiger partial charge < -0.3 is 20.1 Å². The van der Waals surface area contributed by atoms with Crippen LogP contribution in [0.2, 0.25) is 10.0 Å². The van der Waals surface area contributed by atoms with Gasteiger partial charge in [-0.15, -0.1) is 0 Å². The van der Waals surface area contributed by atoms with Gasteiger partial charge in [-0.2, -0.15) is 28.2 Å². The molecule has 1 aromatic carbocycles. The van der Waals surface area contributed by atoms with Crippen molar-refractivity contribution in [2.45, 2.75) is 69.6 Å². The molecule has 280 valence electrons. The summed E-state index contributed by atoms with van der Waals surface area (Å²) in [5.41, 5.74) is 4.45. The van der Waals surface area contributed by atoms with Gasteiger partial charge in [0, 0.05) is 44.2 Å². The lowest BCUT2D eigenvalue weighted by atomic mass is 9.93. The van der Waals surface area contributed by atoms with Crippen LogP contribution in [0.25, 0.3) is 0 Å². The van der Waals surface area contributed by atoms with Crippen molar-refractivity contribution in [2.75, 3.05) is 51.0 Å². The van der Waals surface area contributed by atoms with Crippen LogP contribution in [0.15, 0.2) is 18.0 Å². The number of carbonyl (C=O) groups is 1. The van der Waals surface area contributed by atoms with Gasteiger partial charge in [-0.1, -0.05) is 23.2 Å². The van der Waals surface area contributed by atoms with Crippen molar-refractivity contribution in [1.82, 2.24) is 29.7 Å². The number of hydrogen-bond donors (Lipinski definition) is 1. The van der Waals surface area contributed by atoms with E-state index in [1.807, 2.05) is 4.90 Å². The molecule has 0 aliphatic carbocycles. The minimum atomic E-state index is -5.01. The second kappa shape index (κ2) is 13.9. The summed E-state index contributed by atoms with van der Waals surface area (Å²) < 4.78 is 85.8. The number of rotatable bonds is 7. The van der Waals surface area contributed by atoms with Gasteiger partial charge in [-0.3, -0.25) is 19.2 Å². The van der Waals surface area contributed by atoms with Crippen molar-refractivity contribution in [1.29, 1.82) is 0 Å². The van der Waals surface area contributed by atoms with Gasteiger partial charge in [0.2, 0.25) is 0 Å². The van der Waals surface area contributed by atoms with Crippen LogP contribution in [-0.2, 0) is 41.9 Å². The maximum atomic E-state index is 15.5. The molecule has 2 aromatic heterocycles. The molecule has 4 aliphatic rings. The summed E-state index contributed by atoms with van der Waals surface area (Å²) in [6.45, 7) is 2.11. The molecule has 2 atom stereocenters. The highest BCUT2D eigenvalue weighted by Crippen LogP contribution is 2.47. The first-order valence-electron chi connectivity index (χ1n) is 16.6. The van der Waals surface area contributed by atoms with Crippen molar-refractivity contribution in [3.8, 4) is 6.01 Å². The van der Waals surface area contributed by atoms with Gasteiger partial charge in [-0.25, -0.2) is 13.8 Å². The number of nitrogen functional groups attached to an aromatic ring is 1. The number of carbonyl (C=O) groups excluding carboxylic acids is 1. The second-order valence-corrected chi connectivity index (χ2v) is 14.2. The molecule has 0 radical (unpaired) electrons. The average Bonchev–Trinajstić information content (AvgIpc) is 3.70. The SMILES string of the molecule is CON(C)C(=O)c1nn2c(c1Cl)CN(c1nc(OC[C@@]34CCCN3C/C(=C\F)C4)nc3c1CO[C@H](c1c(F)c(N)cc(Cl)c1C(F)(F)F)C3)CCC2. The molecule has 0 saturated carbocycles. The first-order chi connectivity index (χ1) is 24.7. The van der Waals surface area contributed by atoms with Crippen molar-refractivity contribution < 1.29 is 41.1 Å². The number of anilines is 2. The van der Waals surface area contributed by atoms with Gasteiger partial charge in [-0.05, 0) is 43.9 Å². The summed E-state index contributed by atoms with van der Waals surface area (Å²) >= 11 is 12.7. The topological polar surface area (TPSA) is 124 Å². The summed E-state index contributed by atoms with van der Waals surface area (Å²) in [5, 5.41) is 4.82. The van der Waals surface area contributed by atoms with Crippen LogP contribution >= 0.6 is 23.2 Å². The molecule has 0 bridgehead atoms. The maximum Gasteiger partial charge on any atom is 0.418 e. The zero-order chi connectivity index (χ0) is 37.1. The monoisotopic (exact) mass is 772 g/mol. The Bertz CT molecular complexity index is 1940. The maximum absolute atomic E-state index is 15.5. The third-order valence-corrected chi connectivity index (χ3v) is 10.9. The lowest BCUT2D eigenvalue weighted by molar-refractivity contribution is -0.140. The summed E-state index contributed by atoms with van der Waals surface area (Å²) in [7, 11) is 2.77. The van der Waals surface area contributed by atoms with Crippen LogP contribution in [0.1, 0.15) is 70.4 Å². The minimum absolute atomic E-state index is 0.00436. The molecule has 7 rings (SSSR count). The summed E-state index contributed by atoms with van der Waals surface area (Å²) in [6, 6.07) is 0.670. The number of benzene rings is 1. The summed E-state index contributed by atoms with van der Waals surface area (Å²) in [6.07, 6.45) is -3.43. The van der Waals surface area contributed by atoms with Crippen molar-refractivity contribution in [2.24, 2.45) is 0 Å². The Kier molecular flexibility index (Phi) is 9.78. The number of amides is 1. The number of nitrogens with two attached hydrogens (primary N) is 1. The van der Waals surface area contributed by atoms with Gasteiger partial charge in [0.25, 0.3) is 5.91 Å². The normalized spacial score (nSPS) is 22.7. The van der Waals surface area contributed by atoms with E-state index in [-0.39, 0.29) is 48.6 Å². The van der Waals surface area contributed by atoms with E-state index in [0.717, 1.165) is 30.5 Å². The van der Waals surface area contributed by atoms with Gasteiger partial charge in [0.05, 0.1) is 70.9 Å². The Morgan fingerprint density at radius 3 is 2.73 bits per heavy atom. The molecule has 6 heterocycles. The van der Waals surface area contributed by atoms with Gasteiger partial charge in [0.15, 0.2) is 11.5 Å². The van der Waals surface area contributed by atoms with Crippen LogP contribution in [0.4, 0.5) is 33.5 Å². The molecule has 2 N–H and O–H groups in total. The number of hydroxylamine groups is 2. The molecule has 4 aliphatic heterocycles. The lowest BCUT2D eigenvalue weighted by Crippen LogP contribution is -2.43. The highest BCUT2D eigenvalue weighted by molar-refractivity contribution is 6.34. The fraction of sp³-hybridized carbons (Fsp3) is 0.515. The minimum Gasteiger partial charge on any atom is -0.461 e. The van der Waals surface area contributed by atoms with E-state index < -0.39 is 51.4 Å². The number of aromatic nitrogens is 4. The third kappa shape index (κ3) is 6.44. The third-order valence-electron chi connectivity index (χ3n) is 10.3. The first kappa shape index (κ1) is 36.6. The van der Waals surface area contributed by atoms with Crippen LogP contribution < -0.4 is 15.4 Å². The van der Waals surface area contributed by atoms with E-state index in [2.05, 4.69) is 15.0 Å². The standard InChI is InChI=1S/C33H35Cl2F5N8O4/c1-45(50-2)30(49)28-26(35)22-14-46(6-4-8-48(22)44-28)29-18-15-51-23(24-25(33(38,39)40)19(34)9-20(41)27(24)37)10-21(18)42-31(43-29)52-16-32-5-3-7-47(32)13-17(11-32)12-36/h9,12,23H,3-8,10-11,13-16,41H2,1-2H3/b17-12-/t23-,32-/m0/s1. The highest BCUT2D eigenvalue weighted by Gasteiger charge is 2.48. The fourth-order valence-corrected chi connectivity index (χ4v) is 8.28. The smallest absolute Gasteiger partial charge is 0.418 e. The predicted molar refractivity (Wildman–Crippen MR) is 179 cm³/mol. The number of aryl methyl sites for hydroxylation is 1. The van der Waals surface area contributed by atoms with Crippen molar-refractivity contribution in [3.63, 3.8) is 0 Å². The molecule has 3 aromatic rings. The van der Waals surface area contributed by atoms with E-state index in [0.29, 0.717) is 61.5 Å². The number of hydrogen-bond acceptors (Lipinski definition) is 10. The summed E-state index contributed by atoms with van der Waals surface area (Å²) in [4.78, 5) is 31.4. The first-order valence-corrected chi connectivity index (χ1v) is 17.3. The van der Waals surface area contributed by atoms with E-state index in [1.165, 1.54) is 14.2 Å². The quantitative estimate of drug-likeness (QED) is 0.173.